The largest absolute Gasteiger partial charge is 0.324 e. The van der Waals surface area contributed by atoms with E-state index in [1.165, 1.54) is 12.1 Å². The number of amides is 1. The highest BCUT2D eigenvalue weighted by Gasteiger charge is 2.73. The minimum atomic E-state index is -1.41. The van der Waals surface area contributed by atoms with E-state index in [4.69, 9.17) is 0 Å². The summed E-state index contributed by atoms with van der Waals surface area (Å²) in [6.07, 6.45) is 1.52. The van der Waals surface area contributed by atoms with Crippen molar-refractivity contribution in [3.8, 4) is 0 Å². The van der Waals surface area contributed by atoms with Crippen molar-refractivity contribution < 1.29 is 14.6 Å². The molecular formula is C20H18N4O5. The molecule has 0 aromatic heterocycles. The van der Waals surface area contributed by atoms with E-state index in [-0.39, 0.29) is 22.6 Å². The van der Waals surface area contributed by atoms with E-state index in [0.717, 1.165) is 6.42 Å². The van der Waals surface area contributed by atoms with Crippen LogP contribution in [0.4, 0.5) is 11.4 Å². The fourth-order valence-corrected chi connectivity index (χ4v) is 5.62. The summed E-state index contributed by atoms with van der Waals surface area (Å²) in [7, 11) is 0. The summed E-state index contributed by atoms with van der Waals surface area (Å²) in [4.78, 5) is 38.1. The molecule has 2 aromatic rings. The fraction of sp³-hybridized carbons (Fsp3) is 0.350. The lowest BCUT2D eigenvalue weighted by Crippen LogP contribution is -2.55. The first-order valence-corrected chi connectivity index (χ1v) is 9.52. The molecule has 2 fully saturated rings. The predicted molar refractivity (Wildman–Crippen MR) is 103 cm³/mol. The monoisotopic (exact) mass is 394 g/mol. The van der Waals surface area contributed by atoms with Gasteiger partial charge in [0.15, 0.2) is 5.54 Å². The molecule has 0 unspecified atom stereocenters. The molecule has 148 valence electrons. The molecule has 1 amide bonds. The number of carbonyl (C=O) groups excluding carboxylic acids is 1. The van der Waals surface area contributed by atoms with Gasteiger partial charge in [-0.3, -0.25) is 29.9 Å². The summed E-state index contributed by atoms with van der Waals surface area (Å²) in [5, 5.41) is 26.5. The van der Waals surface area contributed by atoms with E-state index in [2.05, 4.69) is 5.32 Å². The summed E-state index contributed by atoms with van der Waals surface area (Å²) in [5.74, 6) is -1.01. The number of nitrogens with one attached hydrogen (secondary N) is 1. The van der Waals surface area contributed by atoms with Gasteiger partial charge in [-0.1, -0.05) is 30.3 Å². The van der Waals surface area contributed by atoms with Gasteiger partial charge in [0.1, 0.15) is 0 Å². The molecule has 3 heterocycles. The minimum absolute atomic E-state index is 0.105. The SMILES string of the molecule is O=C1Nc2ccccc2[C@]12[C@H]([N+](=O)[O-])[C@@H](c1cccc([N+](=O)[O-])c1)[C@@H]1CCCN12. The smallest absolute Gasteiger partial charge is 0.269 e. The van der Waals surface area contributed by atoms with Gasteiger partial charge in [-0.2, -0.15) is 0 Å². The second-order valence-corrected chi connectivity index (χ2v) is 7.78. The Kier molecular flexibility index (Phi) is 3.72. The van der Waals surface area contributed by atoms with Crippen LogP contribution in [0.3, 0.4) is 0 Å². The molecule has 1 spiro atoms. The normalized spacial score (nSPS) is 30.2. The highest BCUT2D eigenvalue weighted by atomic mass is 16.6. The summed E-state index contributed by atoms with van der Waals surface area (Å²) < 4.78 is 0. The molecule has 0 aliphatic carbocycles. The molecule has 3 aliphatic heterocycles. The van der Waals surface area contributed by atoms with Crippen molar-refractivity contribution >= 4 is 17.3 Å². The lowest BCUT2D eigenvalue weighted by molar-refractivity contribution is -0.534. The van der Waals surface area contributed by atoms with Crippen molar-refractivity contribution in [3.63, 3.8) is 0 Å². The van der Waals surface area contributed by atoms with E-state index in [9.17, 15) is 25.0 Å². The number of nitrogens with zero attached hydrogens (tertiary/aromatic N) is 3. The maximum atomic E-state index is 13.3. The van der Waals surface area contributed by atoms with Crippen molar-refractivity contribution in [3.05, 3.63) is 79.9 Å². The molecule has 2 saturated heterocycles. The van der Waals surface area contributed by atoms with E-state index in [1.807, 2.05) is 4.90 Å². The summed E-state index contributed by atoms with van der Waals surface area (Å²) in [6.45, 7) is 0.572. The lowest BCUT2D eigenvalue weighted by Gasteiger charge is -2.32. The fourth-order valence-electron chi connectivity index (χ4n) is 5.62. The van der Waals surface area contributed by atoms with Crippen LogP contribution in [0.5, 0.6) is 0 Å². The molecule has 9 nitrogen and oxygen atoms in total. The van der Waals surface area contributed by atoms with Gasteiger partial charge in [0.25, 0.3) is 17.6 Å². The van der Waals surface area contributed by atoms with Gasteiger partial charge in [-0.15, -0.1) is 0 Å². The van der Waals surface area contributed by atoms with Crippen LogP contribution in [-0.2, 0) is 10.3 Å². The van der Waals surface area contributed by atoms with Gasteiger partial charge in [0, 0.05) is 40.9 Å². The Labute approximate surface area is 165 Å². The Morgan fingerprint density at radius 1 is 1.10 bits per heavy atom. The number of benzene rings is 2. The van der Waals surface area contributed by atoms with Crippen LogP contribution in [0.2, 0.25) is 0 Å². The van der Waals surface area contributed by atoms with E-state index in [1.54, 1.807) is 36.4 Å². The van der Waals surface area contributed by atoms with E-state index in [0.29, 0.717) is 29.8 Å². The summed E-state index contributed by atoms with van der Waals surface area (Å²) in [5.41, 5.74) is 0.232. The zero-order valence-corrected chi connectivity index (χ0v) is 15.4. The Balaban J connectivity index is 1.75. The maximum absolute atomic E-state index is 13.3. The number of fused-ring (bicyclic) bond motifs is 4. The number of hydrogen-bond acceptors (Lipinski definition) is 6. The second-order valence-electron chi connectivity index (χ2n) is 7.78. The molecule has 5 rings (SSSR count). The first-order valence-electron chi connectivity index (χ1n) is 9.52. The number of rotatable bonds is 3. The van der Waals surface area contributed by atoms with Crippen LogP contribution in [0.1, 0.15) is 29.9 Å². The first kappa shape index (κ1) is 17.7. The predicted octanol–water partition coefficient (Wildman–Crippen LogP) is 2.65. The van der Waals surface area contributed by atoms with Gasteiger partial charge < -0.3 is 5.32 Å². The number of nitro benzene ring substituents is 1. The van der Waals surface area contributed by atoms with Crippen LogP contribution < -0.4 is 5.32 Å². The van der Waals surface area contributed by atoms with Crippen molar-refractivity contribution in [1.29, 1.82) is 0 Å². The highest BCUT2D eigenvalue weighted by molar-refractivity contribution is 6.07. The first-order chi connectivity index (χ1) is 14.0. The van der Waals surface area contributed by atoms with Crippen LogP contribution in [0.15, 0.2) is 48.5 Å². The molecule has 4 atom stereocenters. The zero-order chi connectivity index (χ0) is 20.3. The Morgan fingerprint density at radius 3 is 2.66 bits per heavy atom. The number of para-hydroxylation sites is 1. The van der Waals surface area contributed by atoms with Crippen LogP contribution >= 0.6 is 0 Å². The maximum Gasteiger partial charge on any atom is 0.269 e. The minimum Gasteiger partial charge on any atom is -0.324 e. The van der Waals surface area contributed by atoms with Crippen molar-refractivity contribution in [2.75, 3.05) is 11.9 Å². The lowest BCUT2D eigenvalue weighted by atomic mass is 9.77. The van der Waals surface area contributed by atoms with Gasteiger partial charge >= 0.3 is 0 Å². The number of anilines is 1. The molecule has 0 saturated carbocycles. The number of carbonyl (C=O) groups is 1. The molecule has 0 bridgehead atoms. The Hall–Kier alpha value is -3.33. The van der Waals surface area contributed by atoms with Crippen molar-refractivity contribution in [2.45, 2.75) is 36.4 Å². The standard InChI is InChI=1S/C20H18N4O5/c25-19-20(14-7-1-2-8-15(14)21-19)18(24(28)29)17(16-9-4-10-22(16)20)12-5-3-6-13(11-12)23(26)27/h1-3,5-8,11,16-18H,4,9-10H2,(H,21,25)/t16-,17-,18+,20-/m0/s1. The average molecular weight is 394 g/mol. The highest BCUT2D eigenvalue weighted by Crippen LogP contribution is 2.58. The zero-order valence-electron chi connectivity index (χ0n) is 15.4. The van der Waals surface area contributed by atoms with Gasteiger partial charge in [-0.05, 0) is 24.5 Å². The van der Waals surface area contributed by atoms with Crippen molar-refractivity contribution in [2.24, 2.45) is 0 Å². The number of nitro groups is 2. The van der Waals surface area contributed by atoms with Crippen molar-refractivity contribution in [1.82, 2.24) is 4.90 Å². The van der Waals surface area contributed by atoms with Gasteiger partial charge in [0.05, 0.1) is 10.8 Å². The third kappa shape index (κ3) is 2.21. The van der Waals surface area contributed by atoms with E-state index < -0.39 is 22.4 Å². The van der Waals surface area contributed by atoms with Gasteiger partial charge in [-0.25, -0.2) is 0 Å². The molecular weight excluding hydrogens is 376 g/mol. The Bertz CT molecular complexity index is 1060. The second kappa shape index (κ2) is 6.08. The average Bonchev–Trinajstić information content (AvgIpc) is 3.35. The van der Waals surface area contributed by atoms with Crippen LogP contribution in [0.25, 0.3) is 0 Å². The van der Waals surface area contributed by atoms with Crippen LogP contribution in [0, 0.1) is 20.2 Å². The van der Waals surface area contributed by atoms with Gasteiger partial charge in [0.2, 0.25) is 0 Å². The van der Waals surface area contributed by atoms with E-state index >= 15 is 0 Å². The number of non-ortho nitro benzene ring substituents is 1. The Morgan fingerprint density at radius 2 is 1.90 bits per heavy atom. The third-order valence-electron chi connectivity index (χ3n) is 6.56. The summed E-state index contributed by atoms with van der Waals surface area (Å²) in [6, 6.07) is 11.7. The molecule has 29 heavy (non-hydrogen) atoms. The molecule has 1 N–H and O–H groups in total. The topological polar surface area (TPSA) is 119 Å². The molecule has 2 aromatic carbocycles. The molecule has 0 radical (unpaired) electrons. The summed E-state index contributed by atoms with van der Waals surface area (Å²) >= 11 is 0. The number of hydrogen-bond donors (Lipinski definition) is 1. The molecule has 3 aliphatic rings. The third-order valence-corrected chi connectivity index (χ3v) is 6.56. The van der Waals surface area contributed by atoms with Crippen LogP contribution in [-0.4, -0.2) is 39.3 Å². The quantitative estimate of drug-likeness (QED) is 0.631. The molecule has 9 heteroatoms.